The number of methoxy groups -OCH3 is 1. The van der Waals surface area contributed by atoms with Gasteiger partial charge in [0, 0.05) is 37.2 Å². The quantitative estimate of drug-likeness (QED) is 0.744. The number of hydrogen-bond donors (Lipinski definition) is 1. The van der Waals surface area contributed by atoms with Crippen molar-refractivity contribution in [3.8, 4) is 0 Å². The minimum atomic E-state index is 0.265. The molecule has 1 aromatic heterocycles. The molecular weight excluding hydrogens is 190 g/mol. The summed E-state index contributed by atoms with van der Waals surface area (Å²) in [6.45, 7) is 7.58. The van der Waals surface area contributed by atoms with Crippen LogP contribution in [0.4, 0.5) is 0 Å². The molecule has 0 bridgehead atoms. The van der Waals surface area contributed by atoms with Crippen LogP contribution in [0.2, 0.25) is 0 Å². The summed E-state index contributed by atoms with van der Waals surface area (Å²) in [6, 6.07) is 0.265. The predicted molar refractivity (Wildman–Crippen MR) is 59.8 cm³/mol. The van der Waals surface area contributed by atoms with Gasteiger partial charge >= 0.3 is 0 Å². The number of aryl methyl sites for hydroxylation is 2. The summed E-state index contributed by atoms with van der Waals surface area (Å²) in [4.78, 5) is 8.55. The van der Waals surface area contributed by atoms with Gasteiger partial charge in [-0.05, 0) is 20.8 Å². The summed E-state index contributed by atoms with van der Waals surface area (Å²) < 4.78 is 4.98. The maximum Gasteiger partial charge on any atom is 0.125 e. The third kappa shape index (κ3) is 3.57. The fraction of sp³-hybridized carbons (Fsp3) is 0.636. The Kier molecular flexibility index (Phi) is 4.65. The molecule has 0 saturated heterocycles. The van der Waals surface area contributed by atoms with Crippen LogP contribution >= 0.6 is 0 Å². The van der Waals surface area contributed by atoms with Crippen LogP contribution in [0.5, 0.6) is 0 Å². The normalized spacial score (nSPS) is 12.8. The highest BCUT2D eigenvalue weighted by molar-refractivity contribution is 5.19. The maximum absolute atomic E-state index is 4.98. The van der Waals surface area contributed by atoms with Crippen LogP contribution in [0.3, 0.4) is 0 Å². The van der Waals surface area contributed by atoms with E-state index in [1.807, 2.05) is 20.0 Å². The van der Waals surface area contributed by atoms with Gasteiger partial charge in [-0.1, -0.05) is 0 Å². The van der Waals surface area contributed by atoms with Gasteiger partial charge in [0.15, 0.2) is 0 Å². The van der Waals surface area contributed by atoms with E-state index in [4.69, 9.17) is 4.74 Å². The first-order valence-corrected chi connectivity index (χ1v) is 5.17. The van der Waals surface area contributed by atoms with E-state index < -0.39 is 0 Å². The van der Waals surface area contributed by atoms with Gasteiger partial charge in [-0.2, -0.15) is 0 Å². The van der Waals surface area contributed by atoms with Gasteiger partial charge in [0.25, 0.3) is 0 Å². The summed E-state index contributed by atoms with van der Waals surface area (Å²) in [5.74, 6) is 0.820. The van der Waals surface area contributed by atoms with Crippen molar-refractivity contribution < 1.29 is 4.74 Å². The summed E-state index contributed by atoms with van der Waals surface area (Å²) >= 11 is 0. The Bertz CT molecular complexity index is 315. The summed E-state index contributed by atoms with van der Waals surface area (Å²) in [5, 5.41) is 3.36. The Morgan fingerprint density at radius 1 is 1.47 bits per heavy atom. The fourth-order valence-electron chi connectivity index (χ4n) is 1.51. The van der Waals surface area contributed by atoms with Crippen LogP contribution in [0.15, 0.2) is 6.20 Å². The van der Waals surface area contributed by atoms with Crippen LogP contribution in [-0.2, 0) is 4.74 Å². The molecule has 84 valence electrons. The average molecular weight is 209 g/mol. The van der Waals surface area contributed by atoms with Gasteiger partial charge in [0.1, 0.15) is 5.82 Å². The van der Waals surface area contributed by atoms with Gasteiger partial charge in [-0.3, -0.25) is 0 Å². The minimum Gasteiger partial charge on any atom is -0.383 e. The second-order valence-electron chi connectivity index (χ2n) is 3.63. The van der Waals surface area contributed by atoms with Crippen molar-refractivity contribution in [2.24, 2.45) is 0 Å². The average Bonchev–Trinajstić information content (AvgIpc) is 2.17. The lowest BCUT2D eigenvalue weighted by molar-refractivity contribution is 0.196. The standard InChI is InChI=1S/C11H19N3O/c1-8(12-5-6-15-4)11-7-13-10(3)14-9(11)2/h7-8,12H,5-6H2,1-4H3. The number of nitrogens with zero attached hydrogens (tertiary/aromatic N) is 2. The molecule has 1 heterocycles. The second-order valence-corrected chi connectivity index (χ2v) is 3.63. The van der Waals surface area contributed by atoms with Crippen LogP contribution in [-0.4, -0.2) is 30.2 Å². The predicted octanol–water partition coefficient (Wildman–Crippen LogP) is 1.39. The first kappa shape index (κ1) is 12.1. The van der Waals surface area contributed by atoms with Crippen molar-refractivity contribution in [2.75, 3.05) is 20.3 Å². The summed E-state index contributed by atoms with van der Waals surface area (Å²) in [5.41, 5.74) is 2.19. The molecule has 1 atom stereocenters. The van der Waals surface area contributed by atoms with E-state index in [9.17, 15) is 0 Å². The number of ether oxygens (including phenoxy) is 1. The van der Waals surface area contributed by atoms with E-state index in [0.717, 1.165) is 30.2 Å². The van der Waals surface area contributed by atoms with Crippen molar-refractivity contribution >= 4 is 0 Å². The molecule has 4 heteroatoms. The topological polar surface area (TPSA) is 47.0 Å². The number of hydrogen-bond acceptors (Lipinski definition) is 4. The SMILES string of the molecule is COCCNC(C)c1cnc(C)nc1C. The van der Waals surface area contributed by atoms with Crippen LogP contribution in [0.1, 0.15) is 30.0 Å². The molecule has 0 radical (unpaired) electrons. The van der Waals surface area contributed by atoms with Crippen LogP contribution in [0, 0.1) is 13.8 Å². The molecule has 0 aliphatic heterocycles. The van der Waals surface area contributed by atoms with E-state index in [0.29, 0.717) is 0 Å². The molecule has 0 amide bonds. The Morgan fingerprint density at radius 3 is 2.80 bits per heavy atom. The fourth-order valence-corrected chi connectivity index (χ4v) is 1.51. The molecule has 0 aromatic carbocycles. The van der Waals surface area contributed by atoms with Gasteiger partial charge in [-0.15, -0.1) is 0 Å². The lowest BCUT2D eigenvalue weighted by atomic mass is 10.1. The lowest BCUT2D eigenvalue weighted by Gasteiger charge is -2.15. The van der Waals surface area contributed by atoms with Crippen LogP contribution in [0.25, 0.3) is 0 Å². The summed E-state index contributed by atoms with van der Waals surface area (Å²) in [6.07, 6.45) is 1.89. The van der Waals surface area contributed by atoms with Crippen molar-refractivity contribution in [1.29, 1.82) is 0 Å². The van der Waals surface area contributed by atoms with Gasteiger partial charge in [-0.25, -0.2) is 9.97 Å². The van der Waals surface area contributed by atoms with Crippen molar-refractivity contribution in [3.63, 3.8) is 0 Å². The van der Waals surface area contributed by atoms with E-state index >= 15 is 0 Å². The summed E-state index contributed by atoms with van der Waals surface area (Å²) in [7, 11) is 1.70. The number of rotatable bonds is 5. The van der Waals surface area contributed by atoms with E-state index in [1.165, 1.54) is 0 Å². The zero-order valence-corrected chi connectivity index (χ0v) is 9.87. The highest BCUT2D eigenvalue weighted by atomic mass is 16.5. The van der Waals surface area contributed by atoms with Crippen LogP contribution < -0.4 is 5.32 Å². The van der Waals surface area contributed by atoms with E-state index in [2.05, 4.69) is 22.2 Å². The second kappa shape index (κ2) is 5.78. The third-order valence-electron chi connectivity index (χ3n) is 2.36. The Morgan fingerprint density at radius 2 is 2.20 bits per heavy atom. The Labute approximate surface area is 91.1 Å². The van der Waals surface area contributed by atoms with Crippen molar-refractivity contribution in [1.82, 2.24) is 15.3 Å². The highest BCUT2D eigenvalue weighted by Gasteiger charge is 2.08. The zero-order chi connectivity index (χ0) is 11.3. The molecule has 0 saturated carbocycles. The molecule has 4 nitrogen and oxygen atoms in total. The van der Waals surface area contributed by atoms with Crippen molar-refractivity contribution in [2.45, 2.75) is 26.8 Å². The number of nitrogens with one attached hydrogen (secondary N) is 1. The maximum atomic E-state index is 4.98. The molecule has 1 rings (SSSR count). The molecule has 0 spiro atoms. The third-order valence-corrected chi connectivity index (χ3v) is 2.36. The van der Waals surface area contributed by atoms with Gasteiger partial charge < -0.3 is 10.1 Å². The molecule has 1 unspecified atom stereocenters. The largest absolute Gasteiger partial charge is 0.383 e. The van der Waals surface area contributed by atoms with E-state index in [1.54, 1.807) is 7.11 Å². The first-order chi connectivity index (χ1) is 7.15. The monoisotopic (exact) mass is 209 g/mol. The van der Waals surface area contributed by atoms with Gasteiger partial charge in [0.2, 0.25) is 0 Å². The molecule has 0 aliphatic carbocycles. The molecule has 0 fully saturated rings. The molecule has 15 heavy (non-hydrogen) atoms. The molecule has 1 N–H and O–H groups in total. The lowest BCUT2D eigenvalue weighted by Crippen LogP contribution is -2.24. The van der Waals surface area contributed by atoms with E-state index in [-0.39, 0.29) is 6.04 Å². The molecule has 1 aromatic rings. The Hall–Kier alpha value is -1.00. The molecular formula is C11H19N3O. The molecule has 0 aliphatic rings. The smallest absolute Gasteiger partial charge is 0.125 e. The highest BCUT2D eigenvalue weighted by Crippen LogP contribution is 2.13. The number of aromatic nitrogens is 2. The minimum absolute atomic E-state index is 0.265. The van der Waals surface area contributed by atoms with Gasteiger partial charge in [0.05, 0.1) is 6.61 Å². The zero-order valence-electron chi connectivity index (χ0n) is 9.87. The Balaban J connectivity index is 2.61. The first-order valence-electron chi connectivity index (χ1n) is 5.17. The van der Waals surface area contributed by atoms with Crippen molar-refractivity contribution in [3.05, 3.63) is 23.3 Å².